The lowest BCUT2D eigenvalue weighted by molar-refractivity contribution is 0.126. The molecule has 1 unspecified atom stereocenters. The highest BCUT2D eigenvalue weighted by Gasteiger charge is 2.21. The molecule has 0 saturated carbocycles. The smallest absolute Gasteiger partial charge is 0.126 e. The summed E-state index contributed by atoms with van der Waals surface area (Å²) < 4.78 is 5.62. The summed E-state index contributed by atoms with van der Waals surface area (Å²) in [6.07, 6.45) is 6.65. The maximum atomic E-state index is 5.62. The van der Waals surface area contributed by atoms with Crippen LogP contribution in [-0.4, -0.2) is 10.6 Å². The first-order valence-corrected chi connectivity index (χ1v) is 4.55. The molecule has 13 heavy (non-hydrogen) atoms. The molecule has 1 aromatic rings. The zero-order valence-electron chi connectivity index (χ0n) is 7.95. The van der Waals surface area contributed by atoms with Gasteiger partial charge in [-0.1, -0.05) is 6.92 Å². The molecule has 1 aliphatic rings. The van der Waals surface area contributed by atoms with E-state index >= 15 is 0 Å². The van der Waals surface area contributed by atoms with Crippen LogP contribution in [0.25, 0.3) is 12.3 Å². The molecule has 0 fully saturated rings. The molecule has 0 saturated heterocycles. The summed E-state index contributed by atoms with van der Waals surface area (Å²) in [7, 11) is 0. The second-order valence-electron chi connectivity index (χ2n) is 3.52. The lowest BCUT2D eigenvalue weighted by Gasteiger charge is -2.25. The normalized spacial score (nSPS) is 25.1. The third kappa shape index (κ3) is 1.44. The summed E-state index contributed by atoms with van der Waals surface area (Å²) in [5.41, 5.74) is -0.179. The fourth-order valence-corrected chi connectivity index (χ4v) is 1.36. The Morgan fingerprint density at radius 3 is 3.15 bits per heavy atom. The van der Waals surface area contributed by atoms with Gasteiger partial charge in [0.1, 0.15) is 5.60 Å². The van der Waals surface area contributed by atoms with E-state index in [1.54, 1.807) is 6.26 Å². The van der Waals surface area contributed by atoms with Crippen LogP contribution in [0.5, 0.6) is 0 Å². The first-order chi connectivity index (χ1) is 6.23. The van der Waals surface area contributed by atoms with Crippen LogP contribution in [0.15, 0.2) is 18.3 Å². The zero-order valence-corrected chi connectivity index (χ0v) is 7.95. The number of nitrogens with zero attached hydrogens (tertiary/aromatic N) is 1. The van der Waals surface area contributed by atoms with E-state index in [-0.39, 0.29) is 5.60 Å². The Morgan fingerprint density at radius 1 is 1.54 bits per heavy atom. The Labute approximate surface area is 77.6 Å². The summed E-state index contributed by atoms with van der Waals surface area (Å²) >= 11 is 0. The lowest BCUT2D eigenvalue weighted by Crippen LogP contribution is -2.39. The van der Waals surface area contributed by atoms with E-state index in [0.29, 0.717) is 0 Å². The van der Waals surface area contributed by atoms with Crippen LogP contribution >= 0.6 is 0 Å². The van der Waals surface area contributed by atoms with Gasteiger partial charge in [0.05, 0.1) is 11.6 Å². The third-order valence-electron chi connectivity index (χ3n) is 2.47. The average Bonchev–Trinajstić information content (AvgIpc) is 2.18. The van der Waals surface area contributed by atoms with E-state index in [1.807, 2.05) is 18.3 Å². The van der Waals surface area contributed by atoms with Crippen molar-refractivity contribution >= 4 is 12.3 Å². The molecule has 2 nitrogen and oxygen atoms in total. The van der Waals surface area contributed by atoms with Gasteiger partial charge in [-0.15, -0.1) is 0 Å². The molecule has 1 atom stereocenters. The van der Waals surface area contributed by atoms with Crippen molar-refractivity contribution in [2.75, 3.05) is 0 Å². The van der Waals surface area contributed by atoms with Crippen molar-refractivity contribution in [3.8, 4) is 0 Å². The number of hydrogen-bond donors (Lipinski definition) is 0. The van der Waals surface area contributed by atoms with Crippen LogP contribution < -0.4 is 10.6 Å². The van der Waals surface area contributed by atoms with Crippen molar-refractivity contribution in [2.24, 2.45) is 0 Å². The maximum Gasteiger partial charge on any atom is 0.126 e. The highest BCUT2D eigenvalue weighted by atomic mass is 16.5. The van der Waals surface area contributed by atoms with Gasteiger partial charge in [0.2, 0.25) is 0 Å². The number of aromatic nitrogens is 1. The topological polar surface area (TPSA) is 22.1 Å². The summed E-state index contributed by atoms with van der Waals surface area (Å²) in [4.78, 5) is 4.30. The standard InChI is InChI=1S/C11H13NO/c1-3-11(2)7-10-9(8-13-11)5-4-6-12-10/h4-8H,3H2,1-2H3. The molecule has 2 heterocycles. The Bertz CT molecular complexity index is 424. The summed E-state index contributed by atoms with van der Waals surface area (Å²) in [6, 6.07) is 3.93. The van der Waals surface area contributed by atoms with Crippen LogP contribution in [0.1, 0.15) is 20.3 Å². The fraction of sp³-hybridized carbons (Fsp3) is 0.364. The molecule has 0 amide bonds. The summed E-state index contributed by atoms with van der Waals surface area (Å²) in [5.74, 6) is 0. The van der Waals surface area contributed by atoms with E-state index < -0.39 is 0 Å². The van der Waals surface area contributed by atoms with Gasteiger partial charge in [-0.25, -0.2) is 0 Å². The Kier molecular flexibility index (Phi) is 1.83. The van der Waals surface area contributed by atoms with E-state index in [4.69, 9.17) is 4.74 Å². The first kappa shape index (κ1) is 8.30. The molecule has 1 aliphatic heterocycles. The molecule has 68 valence electrons. The predicted molar refractivity (Wildman–Crippen MR) is 52.2 cm³/mol. The van der Waals surface area contributed by atoms with Gasteiger partial charge in [-0.3, -0.25) is 4.98 Å². The predicted octanol–water partition coefficient (Wildman–Crippen LogP) is 0.799. The largest absolute Gasteiger partial charge is 0.490 e. The van der Waals surface area contributed by atoms with Crippen LogP contribution in [0.4, 0.5) is 0 Å². The Hall–Kier alpha value is -1.31. The molecular weight excluding hydrogens is 162 g/mol. The molecule has 0 aromatic carbocycles. The van der Waals surface area contributed by atoms with Gasteiger partial charge in [0, 0.05) is 11.4 Å². The van der Waals surface area contributed by atoms with Crippen molar-refractivity contribution in [1.29, 1.82) is 0 Å². The zero-order chi connectivity index (χ0) is 9.31. The van der Waals surface area contributed by atoms with E-state index in [9.17, 15) is 0 Å². The van der Waals surface area contributed by atoms with Gasteiger partial charge < -0.3 is 4.74 Å². The molecule has 0 radical (unpaired) electrons. The molecule has 2 rings (SSSR count). The molecule has 0 N–H and O–H groups in total. The van der Waals surface area contributed by atoms with Crippen molar-refractivity contribution < 1.29 is 4.74 Å². The molecule has 0 spiro atoms. The number of fused-ring (bicyclic) bond motifs is 1. The molecule has 0 aliphatic carbocycles. The SMILES string of the molecule is CCC1(C)C=c2ncccc2=CO1. The van der Waals surface area contributed by atoms with Crippen molar-refractivity contribution in [1.82, 2.24) is 4.98 Å². The summed E-state index contributed by atoms with van der Waals surface area (Å²) in [6.45, 7) is 4.18. The van der Waals surface area contributed by atoms with E-state index in [0.717, 1.165) is 17.0 Å². The number of ether oxygens (including phenoxy) is 1. The quantitative estimate of drug-likeness (QED) is 0.630. The van der Waals surface area contributed by atoms with E-state index in [1.165, 1.54) is 0 Å². The van der Waals surface area contributed by atoms with E-state index in [2.05, 4.69) is 24.9 Å². The third-order valence-corrected chi connectivity index (χ3v) is 2.47. The molecular formula is C11H13NO. The lowest BCUT2D eigenvalue weighted by atomic mass is 10.0. The minimum absolute atomic E-state index is 0.179. The second kappa shape index (κ2) is 2.87. The molecule has 0 bridgehead atoms. The van der Waals surface area contributed by atoms with Gasteiger partial charge >= 0.3 is 0 Å². The highest BCUT2D eigenvalue weighted by molar-refractivity contribution is 5.38. The monoisotopic (exact) mass is 175 g/mol. The average molecular weight is 175 g/mol. The van der Waals surface area contributed by atoms with Crippen LogP contribution in [0.3, 0.4) is 0 Å². The second-order valence-corrected chi connectivity index (χ2v) is 3.52. The van der Waals surface area contributed by atoms with Gasteiger partial charge in [-0.2, -0.15) is 0 Å². The molecule has 2 heteroatoms. The number of rotatable bonds is 1. The maximum absolute atomic E-state index is 5.62. The van der Waals surface area contributed by atoms with Crippen LogP contribution in [0, 0.1) is 0 Å². The number of hydrogen-bond acceptors (Lipinski definition) is 2. The van der Waals surface area contributed by atoms with Crippen molar-refractivity contribution in [2.45, 2.75) is 25.9 Å². The number of pyridine rings is 1. The van der Waals surface area contributed by atoms with Crippen molar-refractivity contribution in [3.63, 3.8) is 0 Å². The first-order valence-electron chi connectivity index (χ1n) is 4.55. The minimum atomic E-state index is -0.179. The van der Waals surface area contributed by atoms with Crippen molar-refractivity contribution in [3.05, 3.63) is 28.9 Å². The Morgan fingerprint density at radius 2 is 2.38 bits per heavy atom. The van der Waals surface area contributed by atoms with Crippen LogP contribution in [0.2, 0.25) is 0 Å². The fourth-order valence-electron chi connectivity index (χ4n) is 1.36. The van der Waals surface area contributed by atoms with Gasteiger partial charge in [0.15, 0.2) is 0 Å². The summed E-state index contributed by atoms with van der Waals surface area (Å²) in [5, 5.41) is 2.09. The minimum Gasteiger partial charge on any atom is -0.490 e. The van der Waals surface area contributed by atoms with Gasteiger partial charge in [-0.05, 0) is 31.6 Å². The molecule has 1 aromatic heterocycles. The highest BCUT2D eigenvalue weighted by Crippen LogP contribution is 2.17. The van der Waals surface area contributed by atoms with Gasteiger partial charge in [0.25, 0.3) is 0 Å². The Balaban J connectivity index is 2.62. The van der Waals surface area contributed by atoms with Crippen LogP contribution in [-0.2, 0) is 4.74 Å².